The number of hydrogen-bond acceptors (Lipinski definition) is 4. The predicted octanol–water partition coefficient (Wildman–Crippen LogP) is 3.13. The van der Waals surface area contributed by atoms with Crippen molar-refractivity contribution in [1.82, 2.24) is 10.6 Å². The minimum absolute atomic E-state index is 0.00804. The number of nitrogens with one attached hydrogen (secondary N) is 2. The van der Waals surface area contributed by atoms with Crippen LogP contribution in [0, 0.1) is 0 Å². The zero-order valence-corrected chi connectivity index (χ0v) is 18.6. The fourth-order valence-corrected chi connectivity index (χ4v) is 3.89. The summed E-state index contributed by atoms with van der Waals surface area (Å²) in [6.07, 6.45) is 0. The van der Waals surface area contributed by atoms with Gasteiger partial charge in [-0.2, -0.15) is 0 Å². The second-order valence-electron chi connectivity index (χ2n) is 7.79. The van der Waals surface area contributed by atoms with E-state index in [2.05, 4.69) is 36.4 Å². The van der Waals surface area contributed by atoms with Gasteiger partial charge >= 0.3 is 0 Å². The number of ether oxygens (including phenoxy) is 1. The maximum atomic E-state index is 12.6. The van der Waals surface area contributed by atoms with Gasteiger partial charge in [-0.05, 0) is 40.8 Å². The molecule has 0 radical (unpaired) electrons. The summed E-state index contributed by atoms with van der Waals surface area (Å²) < 4.78 is 30.3. The molecule has 0 aliphatic carbocycles. The summed E-state index contributed by atoms with van der Waals surface area (Å²) in [5.74, 6) is 1.35. The smallest absolute Gasteiger partial charge is 0.191 e. The third-order valence-electron chi connectivity index (χ3n) is 4.59. The molecular formula is C22H31N3O3S. The van der Waals surface area contributed by atoms with E-state index in [0.717, 1.165) is 16.9 Å². The summed E-state index contributed by atoms with van der Waals surface area (Å²) in [6.45, 7) is 7.15. The van der Waals surface area contributed by atoms with Crippen molar-refractivity contribution in [2.75, 3.05) is 26.5 Å². The van der Waals surface area contributed by atoms with Gasteiger partial charge in [-0.15, -0.1) is 0 Å². The molecule has 0 bridgehead atoms. The lowest BCUT2D eigenvalue weighted by molar-refractivity contribution is 0.414. The molecule has 0 aromatic heterocycles. The lowest BCUT2D eigenvalue weighted by Gasteiger charge is -2.19. The average Bonchev–Trinajstić information content (AvgIpc) is 2.70. The standard InChI is InChI=1S/C22H31N3O3S/c1-22(2,3)18-8-12-20(13-9-18)29(26,27)15-14-24-21(23-4)25-16-17-6-10-19(28-5)11-7-17/h6-13H,14-16H2,1-5H3,(H2,23,24,25). The third kappa shape index (κ3) is 6.78. The summed E-state index contributed by atoms with van der Waals surface area (Å²) in [5.41, 5.74) is 2.17. The molecule has 6 nitrogen and oxygen atoms in total. The molecule has 0 amide bonds. The minimum atomic E-state index is -3.36. The molecule has 0 aliphatic heterocycles. The molecule has 0 fully saturated rings. The number of hydrogen-bond donors (Lipinski definition) is 2. The van der Waals surface area contributed by atoms with E-state index in [1.807, 2.05) is 36.4 Å². The number of rotatable bonds is 7. The van der Waals surface area contributed by atoms with Crippen molar-refractivity contribution in [2.24, 2.45) is 4.99 Å². The highest BCUT2D eigenvalue weighted by Gasteiger charge is 2.17. The van der Waals surface area contributed by atoms with E-state index in [1.54, 1.807) is 26.3 Å². The molecule has 0 aliphatic rings. The Morgan fingerprint density at radius 2 is 1.62 bits per heavy atom. The summed E-state index contributed by atoms with van der Waals surface area (Å²) in [6, 6.07) is 14.9. The van der Waals surface area contributed by atoms with Gasteiger partial charge < -0.3 is 15.4 Å². The first-order valence-electron chi connectivity index (χ1n) is 9.56. The van der Waals surface area contributed by atoms with E-state index >= 15 is 0 Å². The zero-order chi connectivity index (χ0) is 21.5. The highest BCUT2D eigenvalue weighted by molar-refractivity contribution is 7.91. The Bertz CT molecular complexity index is 913. The van der Waals surface area contributed by atoms with Gasteiger partial charge in [-0.1, -0.05) is 45.0 Å². The second-order valence-corrected chi connectivity index (χ2v) is 9.90. The van der Waals surface area contributed by atoms with E-state index in [9.17, 15) is 8.42 Å². The molecule has 2 aromatic carbocycles. The predicted molar refractivity (Wildman–Crippen MR) is 118 cm³/mol. The van der Waals surface area contributed by atoms with Gasteiger partial charge in [0.25, 0.3) is 0 Å². The molecule has 0 saturated carbocycles. The molecule has 2 rings (SSSR count). The summed E-state index contributed by atoms with van der Waals surface area (Å²) in [5, 5.41) is 6.24. The zero-order valence-electron chi connectivity index (χ0n) is 17.8. The van der Waals surface area contributed by atoms with E-state index < -0.39 is 9.84 Å². The minimum Gasteiger partial charge on any atom is -0.497 e. The Morgan fingerprint density at radius 3 is 2.14 bits per heavy atom. The molecule has 0 atom stereocenters. The molecule has 29 heavy (non-hydrogen) atoms. The topological polar surface area (TPSA) is 79.8 Å². The van der Waals surface area contributed by atoms with Crippen LogP contribution in [0.2, 0.25) is 0 Å². The molecule has 0 saturated heterocycles. The number of aliphatic imine (C=N–C) groups is 1. The van der Waals surface area contributed by atoms with Crippen LogP contribution in [0.4, 0.5) is 0 Å². The largest absolute Gasteiger partial charge is 0.497 e. The van der Waals surface area contributed by atoms with Crippen LogP contribution in [0.3, 0.4) is 0 Å². The van der Waals surface area contributed by atoms with Crippen molar-refractivity contribution >= 4 is 15.8 Å². The molecular weight excluding hydrogens is 386 g/mol. The van der Waals surface area contributed by atoms with Gasteiger partial charge in [0, 0.05) is 20.1 Å². The fourth-order valence-electron chi connectivity index (χ4n) is 2.73. The molecule has 158 valence electrons. The average molecular weight is 418 g/mol. The number of guanidine groups is 1. The van der Waals surface area contributed by atoms with Crippen LogP contribution >= 0.6 is 0 Å². The Labute approximate surface area is 174 Å². The monoisotopic (exact) mass is 417 g/mol. The van der Waals surface area contributed by atoms with Gasteiger partial charge in [0.05, 0.1) is 17.8 Å². The van der Waals surface area contributed by atoms with Crippen LogP contribution in [-0.2, 0) is 21.8 Å². The normalized spacial score (nSPS) is 12.5. The van der Waals surface area contributed by atoms with Gasteiger partial charge in [-0.25, -0.2) is 8.42 Å². The van der Waals surface area contributed by atoms with Crippen molar-refractivity contribution in [1.29, 1.82) is 0 Å². The van der Waals surface area contributed by atoms with Crippen molar-refractivity contribution in [3.8, 4) is 5.75 Å². The highest BCUT2D eigenvalue weighted by atomic mass is 32.2. The summed E-state index contributed by atoms with van der Waals surface area (Å²) >= 11 is 0. The number of benzene rings is 2. The van der Waals surface area contributed by atoms with Gasteiger partial charge in [0.15, 0.2) is 15.8 Å². The van der Waals surface area contributed by atoms with Crippen LogP contribution < -0.4 is 15.4 Å². The lowest BCUT2D eigenvalue weighted by Crippen LogP contribution is -2.39. The highest BCUT2D eigenvalue weighted by Crippen LogP contribution is 2.23. The fraction of sp³-hybridized carbons (Fsp3) is 0.409. The van der Waals surface area contributed by atoms with Crippen LogP contribution in [0.25, 0.3) is 0 Å². The van der Waals surface area contributed by atoms with E-state index in [4.69, 9.17) is 4.74 Å². The van der Waals surface area contributed by atoms with Crippen molar-refractivity contribution in [3.63, 3.8) is 0 Å². The van der Waals surface area contributed by atoms with Gasteiger partial charge in [0.1, 0.15) is 5.75 Å². The Morgan fingerprint density at radius 1 is 1.00 bits per heavy atom. The van der Waals surface area contributed by atoms with Crippen LogP contribution in [-0.4, -0.2) is 40.8 Å². The molecule has 0 heterocycles. The Kier molecular flexibility index (Phi) is 7.67. The maximum absolute atomic E-state index is 12.6. The first kappa shape index (κ1) is 22.7. The van der Waals surface area contributed by atoms with Crippen LogP contribution in [0.1, 0.15) is 31.9 Å². The number of methoxy groups -OCH3 is 1. The van der Waals surface area contributed by atoms with Crippen LogP contribution in [0.5, 0.6) is 5.75 Å². The second kappa shape index (κ2) is 9.78. The van der Waals surface area contributed by atoms with E-state index in [-0.39, 0.29) is 17.7 Å². The van der Waals surface area contributed by atoms with E-state index in [1.165, 1.54) is 0 Å². The first-order chi connectivity index (χ1) is 13.7. The number of sulfone groups is 1. The first-order valence-corrected chi connectivity index (χ1v) is 11.2. The summed E-state index contributed by atoms with van der Waals surface area (Å²) in [7, 11) is -0.0736. The van der Waals surface area contributed by atoms with Crippen LogP contribution in [0.15, 0.2) is 58.4 Å². The lowest BCUT2D eigenvalue weighted by atomic mass is 9.87. The molecule has 2 N–H and O–H groups in total. The third-order valence-corrected chi connectivity index (χ3v) is 6.32. The van der Waals surface area contributed by atoms with Crippen molar-refractivity contribution in [2.45, 2.75) is 37.6 Å². The van der Waals surface area contributed by atoms with E-state index in [0.29, 0.717) is 17.4 Å². The maximum Gasteiger partial charge on any atom is 0.191 e. The molecule has 2 aromatic rings. The molecule has 0 spiro atoms. The van der Waals surface area contributed by atoms with Crippen molar-refractivity contribution in [3.05, 3.63) is 59.7 Å². The summed E-state index contributed by atoms with van der Waals surface area (Å²) in [4.78, 5) is 4.48. The number of nitrogens with zero attached hydrogens (tertiary/aromatic N) is 1. The molecule has 7 heteroatoms. The Hall–Kier alpha value is -2.54. The molecule has 0 unspecified atom stereocenters. The quantitative estimate of drug-likeness (QED) is 0.534. The SMILES string of the molecule is CN=C(NCCS(=O)(=O)c1ccc(C(C)(C)C)cc1)NCc1ccc(OC)cc1. The van der Waals surface area contributed by atoms with Gasteiger partial charge in [-0.3, -0.25) is 4.99 Å². The Balaban J connectivity index is 1.87. The van der Waals surface area contributed by atoms with Gasteiger partial charge in [0.2, 0.25) is 0 Å². The van der Waals surface area contributed by atoms with Crippen molar-refractivity contribution < 1.29 is 13.2 Å².